The minimum atomic E-state index is 1.06. The molecule has 0 bridgehead atoms. The summed E-state index contributed by atoms with van der Waals surface area (Å²) in [7, 11) is 0. The summed E-state index contributed by atoms with van der Waals surface area (Å²) in [6, 6.07) is 8.40. The Balaban J connectivity index is 2.41. The van der Waals surface area contributed by atoms with Gasteiger partial charge in [0.1, 0.15) is 5.01 Å². The topological polar surface area (TPSA) is 12.9 Å². The van der Waals surface area contributed by atoms with Gasteiger partial charge in [-0.25, -0.2) is 4.98 Å². The molecule has 0 saturated carbocycles. The van der Waals surface area contributed by atoms with E-state index in [1.165, 1.54) is 11.1 Å². The van der Waals surface area contributed by atoms with Crippen molar-refractivity contribution in [1.82, 2.24) is 4.98 Å². The first-order chi connectivity index (χ1) is 6.25. The predicted molar refractivity (Wildman–Crippen MR) is 60.0 cm³/mol. The van der Waals surface area contributed by atoms with Gasteiger partial charge in [0.05, 0.1) is 9.98 Å². The van der Waals surface area contributed by atoms with Gasteiger partial charge in [-0.05, 0) is 22.9 Å². The number of benzene rings is 1. The molecule has 0 saturated heterocycles. The Bertz CT molecular complexity index is 405. The van der Waals surface area contributed by atoms with Crippen LogP contribution in [0.5, 0.6) is 0 Å². The summed E-state index contributed by atoms with van der Waals surface area (Å²) >= 11 is 5.05. The van der Waals surface area contributed by atoms with Gasteiger partial charge in [0.2, 0.25) is 0 Å². The van der Waals surface area contributed by atoms with Crippen LogP contribution >= 0.6 is 27.3 Å². The number of rotatable bonds is 1. The van der Waals surface area contributed by atoms with Crippen molar-refractivity contribution in [3.05, 3.63) is 39.8 Å². The van der Waals surface area contributed by atoms with E-state index in [9.17, 15) is 0 Å². The fourth-order valence-electron chi connectivity index (χ4n) is 1.08. The Kier molecular flexibility index (Phi) is 2.47. The molecule has 13 heavy (non-hydrogen) atoms. The van der Waals surface area contributed by atoms with E-state index in [0.717, 1.165) is 8.79 Å². The zero-order valence-electron chi connectivity index (χ0n) is 7.12. The number of aryl methyl sites for hydroxylation is 1. The molecule has 1 aromatic heterocycles. The van der Waals surface area contributed by atoms with Crippen LogP contribution < -0.4 is 0 Å². The Morgan fingerprint density at radius 2 is 1.92 bits per heavy atom. The second kappa shape index (κ2) is 3.60. The summed E-state index contributed by atoms with van der Waals surface area (Å²) in [6.07, 6.45) is 1.83. The molecule has 0 unspecified atom stereocenters. The van der Waals surface area contributed by atoms with Gasteiger partial charge in [-0.2, -0.15) is 0 Å². The number of aromatic nitrogens is 1. The monoisotopic (exact) mass is 253 g/mol. The maximum Gasteiger partial charge on any atom is 0.124 e. The van der Waals surface area contributed by atoms with Crippen LogP contribution in [0.3, 0.4) is 0 Å². The molecule has 0 amide bonds. The van der Waals surface area contributed by atoms with Gasteiger partial charge in [-0.1, -0.05) is 29.8 Å². The van der Waals surface area contributed by atoms with Gasteiger partial charge in [0.25, 0.3) is 0 Å². The molecule has 0 fully saturated rings. The van der Waals surface area contributed by atoms with Crippen LogP contribution in [-0.4, -0.2) is 4.98 Å². The molecule has 0 atom stereocenters. The lowest BCUT2D eigenvalue weighted by Crippen LogP contribution is -1.75. The van der Waals surface area contributed by atoms with Crippen molar-refractivity contribution in [3.63, 3.8) is 0 Å². The average Bonchev–Trinajstić information content (AvgIpc) is 2.53. The fraction of sp³-hybridized carbons (Fsp3) is 0.100. The molecular formula is C10H8BrNS. The summed E-state index contributed by atoms with van der Waals surface area (Å²) in [5.74, 6) is 0. The predicted octanol–water partition coefficient (Wildman–Crippen LogP) is 3.88. The molecule has 2 aromatic rings. The van der Waals surface area contributed by atoms with Crippen molar-refractivity contribution in [2.45, 2.75) is 6.92 Å². The van der Waals surface area contributed by atoms with E-state index >= 15 is 0 Å². The Hall–Kier alpha value is -0.670. The molecule has 1 aromatic carbocycles. The molecule has 0 N–H and O–H groups in total. The first-order valence-electron chi connectivity index (χ1n) is 3.94. The molecular weight excluding hydrogens is 246 g/mol. The SMILES string of the molecule is Cc1ccc(-c2ncc(Br)s2)cc1. The Morgan fingerprint density at radius 1 is 1.23 bits per heavy atom. The molecule has 1 nitrogen and oxygen atoms in total. The smallest absolute Gasteiger partial charge is 0.124 e. The van der Waals surface area contributed by atoms with E-state index in [0.29, 0.717) is 0 Å². The standard InChI is InChI=1S/C10H8BrNS/c1-7-2-4-8(5-3-7)10-12-6-9(11)13-10/h2-6H,1H3. The highest BCUT2D eigenvalue weighted by Gasteiger charge is 2.01. The van der Waals surface area contributed by atoms with Crippen LogP contribution in [0.25, 0.3) is 10.6 Å². The molecule has 2 rings (SSSR count). The minimum absolute atomic E-state index is 1.06. The first kappa shape index (κ1) is 8.91. The van der Waals surface area contributed by atoms with Crippen LogP contribution in [0.15, 0.2) is 34.2 Å². The quantitative estimate of drug-likeness (QED) is 0.752. The number of hydrogen-bond donors (Lipinski definition) is 0. The van der Waals surface area contributed by atoms with Crippen molar-refractivity contribution >= 4 is 27.3 Å². The molecule has 0 aliphatic heterocycles. The lowest BCUT2D eigenvalue weighted by Gasteiger charge is -1.95. The third kappa shape index (κ3) is 1.98. The second-order valence-electron chi connectivity index (χ2n) is 2.84. The van der Waals surface area contributed by atoms with Gasteiger partial charge in [0.15, 0.2) is 0 Å². The lowest BCUT2D eigenvalue weighted by atomic mass is 10.2. The maximum absolute atomic E-state index is 4.29. The van der Waals surface area contributed by atoms with Crippen LogP contribution in [0.1, 0.15) is 5.56 Å². The highest BCUT2D eigenvalue weighted by atomic mass is 79.9. The van der Waals surface area contributed by atoms with E-state index in [2.05, 4.69) is 52.1 Å². The highest BCUT2D eigenvalue weighted by molar-refractivity contribution is 9.11. The molecule has 0 spiro atoms. The number of halogens is 1. The molecule has 3 heteroatoms. The molecule has 66 valence electrons. The van der Waals surface area contributed by atoms with E-state index in [4.69, 9.17) is 0 Å². The molecule has 0 aliphatic rings. The molecule has 0 radical (unpaired) electrons. The number of nitrogens with zero attached hydrogens (tertiary/aromatic N) is 1. The van der Waals surface area contributed by atoms with Crippen LogP contribution in [0.2, 0.25) is 0 Å². The van der Waals surface area contributed by atoms with Gasteiger partial charge in [-0.3, -0.25) is 0 Å². The summed E-state index contributed by atoms with van der Waals surface area (Å²) in [6.45, 7) is 2.08. The summed E-state index contributed by atoms with van der Waals surface area (Å²) in [4.78, 5) is 4.29. The highest BCUT2D eigenvalue weighted by Crippen LogP contribution is 2.28. The summed E-state index contributed by atoms with van der Waals surface area (Å²) in [5.41, 5.74) is 2.46. The third-order valence-corrected chi connectivity index (χ3v) is 3.30. The fourth-order valence-corrected chi connectivity index (χ4v) is 2.30. The minimum Gasteiger partial charge on any atom is -0.243 e. The molecule has 1 heterocycles. The van der Waals surface area contributed by atoms with E-state index in [-0.39, 0.29) is 0 Å². The number of thiazole rings is 1. The van der Waals surface area contributed by atoms with Gasteiger partial charge in [0, 0.05) is 5.56 Å². The Morgan fingerprint density at radius 3 is 2.46 bits per heavy atom. The molecule has 0 aliphatic carbocycles. The van der Waals surface area contributed by atoms with Crippen molar-refractivity contribution in [2.24, 2.45) is 0 Å². The normalized spacial score (nSPS) is 10.3. The van der Waals surface area contributed by atoms with Crippen LogP contribution in [-0.2, 0) is 0 Å². The van der Waals surface area contributed by atoms with Crippen molar-refractivity contribution in [3.8, 4) is 10.6 Å². The second-order valence-corrected chi connectivity index (χ2v) is 5.25. The zero-order valence-corrected chi connectivity index (χ0v) is 9.52. The van der Waals surface area contributed by atoms with Crippen molar-refractivity contribution in [1.29, 1.82) is 0 Å². The summed E-state index contributed by atoms with van der Waals surface area (Å²) in [5, 5.41) is 1.06. The van der Waals surface area contributed by atoms with Gasteiger partial charge >= 0.3 is 0 Å². The lowest BCUT2D eigenvalue weighted by molar-refractivity contribution is 1.39. The largest absolute Gasteiger partial charge is 0.243 e. The van der Waals surface area contributed by atoms with E-state index in [1.54, 1.807) is 11.3 Å². The van der Waals surface area contributed by atoms with E-state index < -0.39 is 0 Å². The van der Waals surface area contributed by atoms with E-state index in [1.807, 2.05) is 6.20 Å². The first-order valence-corrected chi connectivity index (χ1v) is 5.55. The average molecular weight is 254 g/mol. The van der Waals surface area contributed by atoms with Gasteiger partial charge in [-0.15, -0.1) is 11.3 Å². The van der Waals surface area contributed by atoms with Crippen molar-refractivity contribution in [2.75, 3.05) is 0 Å². The zero-order chi connectivity index (χ0) is 9.26. The van der Waals surface area contributed by atoms with Crippen LogP contribution in [0, 0.1) is 6.92 Å². The maximum atomic E-state index is 4.29. The number of hydrogen-bond acceptors (Lipinski definition) is 2. The van der Waals surface area contributed by atoms with Crippen molar-refractivity contribution < 1.29 is 0 Å². The summed E-state index contributed by atoms with van der Waals surface area (Å²) < 4.78 is 1.07. The Labute approximate surface area is 89.6 Å². The van der Waals surface area contributed by atoms with Gasteiger partial charge < -0.3 is 0 Å². The van der Waals surface area contributed by atoms with Crippen LogP contribution in [0.4, 0.5) is 0 Å². The third-order valence-electron chi connectivity index (χ3n) is 1.78.